The van der Waals surface area contributed by atoms with Gasteiger partial charge in [0, 0.05) is 35.9 Å². The Hall–Kier alpha value is -0.160. The van der Waals surface area contributed by atoms with E-state index in [1.807, 2.05) is 0 Å². The van der Waals surface area contributed by atoms with Gasteiger partial charge in [0.2, 0.25) is 5.13 Å². The second-order valence-corrected chi connectivity index (χ2v) is 5.84. The van der Waals surface area contributed by atoms with Crippen molar-refractivity contribution < 1.29 is 0 Å². The minimum absolute atomic E-state index is 0.685. The highest BCUT2D eigenvalue weighted by Crippen LogP contribution is 2.40. The van der Waals surface area contributed by atoms with Gasteiger partial charge in [-0.25, -0.2) is 4.98 Å². The number of nitrogens with zero attached hydrogens (tertiary/aromatic N) is 3. The molecular formula is C10H14BrN3S. The second kappa shape index (κ2) is 4.01. The van der Waals surface area contributed by atoms with E-state index in [-0.39, 0.29) is 0 Å². The van der Waals surface area contributed by atoms with Gasteiger partial charge in [0.05, 0.1) is 0 Å². The van der Waals surface area contributed by atoms with Crippen molar-refractivity contribution in [3.8, 4) is 0 Å². The summed E-state index contributed by atoms with van der Waals surface area (Å²) in [6.07, 6.45) is 3.87. The van der Waals surface area contributed by atoms with Crippen molar-refractivity contribution in [3.05, 3.63) is 5.82 Å². The molecule has 1 aromatic heterocycles. The van der Waals surface area contributed by atoms with Crippen LogP contribution in [0.2, 0.25) is 0 Å². The molecular weight excluding hydrogens is 274 g/mol. The minimum Gasteiger partial charge on any atom is -0.347 e. The van der Waals surface area contributed by atoms with Crippen LogP contribution in [0.3, 0.4) is 0 Å². The lowest BCUT2D eigenvalue weighted by Gasteiger charge is -2.12. The van der Waals surface area contributed by atoms with Gasteiger partial charge in [-0.05, 0) is 25.2 Å². The average molecular weight is 288 g/mol. The number of anilines is 1. The van der Waals surface area contributed by atoms with Gasteiger partial charge in [-0.2, -0.15) is 4.37 Å². The number of alkyl halides is 1. The zero-order valence-electron chi connectivity index (χ0n) is 8.53. The molecule has 5 heteroatoms. The maximum absolute atomic E-state index is 4.64. The zero-order chi connectivity index (χ0) is 10.3. The van der Waals surface area contributed by atoms with Gasteiger partial charge < -0.3 is 4.90 Å². The second-order valence-electron chi connectivity index (χ2n) is 4.46. The molecule has 1 saturated carbocycles. The summed E-state index contributed by atoms with van der Waals surface area (Å²) in [6, 6.07) is 0. The van der Waals surface area contributed by atoms with Gasteiger partial charge in [-0.1, -0.05) is 15.9 Å². The van der Waals surface area contributed by atoms with Crippen LogP contribution in [0.15, 0.2) is 0 Å². The van der Waals surface area contributed by atoms with Gasteiger partial charge >= 0.3 is 0 Å². The van der Waals surface area contributed by atoms with Crippen LogP contribution in [0, 0.1) is 5.92 Å². The molecule has 3 rings (SSSR count). The quantitative estimate of drug-likeness (QED) is 0.801. The predicted molar refractivity (Wildman–Crippen MR) is 66.0 cm³/mol. The molecule has 0 aromatic carbocycles. The van der Waals surface area contributed by atoms with Gasteiger partial charge in [0.15, 0.2) is 0 Å². The van der Waals surface area contributed by atoms with E-state index >= 15 is 0 Å². The fourth-order valence-corrected chi connectivity index (χ4v) is 3.30. The Morgan fingerprint density at radius 2 is 2.27 bits per heavy atom. The molecule has 0 spiro atoms. The third-order valence-electron chi connectivity index (χ3n) is 3.15. The first-order valence-electron chi connectivity index (χ1n) is 5.51. The Morgan fingerprint density at radius 1 is 1.40 bits per heavy atom. The largest absolute Gasteiger partial charge is 0.347 e. The lowest BCUT2D eigenvalue weighted by Crippen LogP contribution is -2.19. The normalized spacial score (nSPS) is 26.2. The molecule has 82 valence electrons. The predicted octanol–water partition coefficient (Wildman–Crippen LogP) is 2.64. The van der Waals surface area contributed by atoms with E-state index in [0.717, 1.165) is 35.3 Å². The smallest absolute Gasteiger partial charge is 0.205 e. The Bertz CT molecular complexity index is 350. The third kappa shape index (κ3) is 2.04. The highest BCUT2D eigenvalue weighted by molar-refractivity contribution is 9.09. The molecule has 0 radical (unpaired) electrons. The van der Waals surface area contributed by atoms with E-state index in [9.17, 15) is 0 Å². The first kappa shape index (κ1) is 10.0. The van der Waals surface area contributed by atoms with E-state index in [1.54, 1.807) is 11.5 Å². The van der Waals surface area contributed by atoms with Crippen molar-refractivity contribution in [1.29, 1.82) is 0 Å². The van der Waals surface area contributed by atoms with Crippen LogP contribution in [-0.2, 0) is 0 Å². The molecule has 0 amide bonds. The molecule has 2 fully saturated rings. The number of hydrogen-bond acceptors (Lipinski definition) is 4. The summed E-state index contributed by atoms with van der Waals surface area (Å²) in [4.78, 5) is 7.03. The van der Waals surface area contributed by atoms with Gasteiger partial charge in [-0.3, -0.25) is 0 Å². The first-order valence-corrected chi connectivity index (χ1v) is 7.41. The van der Waals surface area contributed by atoms with E-state index < -0.39 is 0 Å². The van der Waals surface area contributed by atoms with Crippen molar-refractivity contribution in [3.63, 3.8) is 0 Å². The van der Waals surface area contributed by atoms with Crippen LogP contribution >= 0.6 is 27.5 Å². The van der Waals surface area contributed by atoms with E-state index in [1.165, 1.54) is 19.3 Å². The monoisotopic (exact) mass is 287 g/mol. The summed E-state index contributed by atoms with van der Waals surface area (Å²) >= 11 is 5.13. The fraction of sp³-hybridized carbons (Fsp3) is 0.800. The SMILES string of the molecule is BrCC1CCN(c2nc(C3CC3)ns2)C1. The van der Waals surface area contributed by atoms with Crippen LogP contribution < -0.4 is 4.90 Å². The minimum atomic E-state index is 0.685. The highest BCUT2D eigenvalue weighted by Gasteiger charge is 2.30. The lowest BCUT2D eigenvalue weighted by molar-refractivity contribution is 0.676. The van der Waals surface area contributed by atoms with Crippen molar-refractivity contribution >= 4 is 32.6 Å². The van der Waals surface area contributed by atoms with Crippen molar-refractivity contribution in [2.75, 3.05) is 23.3 Å². The molecule has 15 heavy (non-hydrogen) atoms. The van der Waals surface area contributed by atoms with Crippen LogP contribution in [0.5, 0.6) is 0 Å². The summed E-state index contributed by atoms with van der Waals surface area (Å²) in [7, 11) is 0. The summed E-state index contributed by atoms with van der Waals surface area (Å²) in [5, 5.41) is 2.25. The third-order valence-corrected chi connectivity index (χ3v) is 4.85. The first-order chi connectivity index (χ1) is 7.36. The van der Waals surface area contributed by atoms with Crippen molar-refractivity contribution in [2.45, 2.75) is 25.2 Å². The van der Waals surface area contributed by atoms with E-state index in [2.05, 4.69) is 30.2 Å². The van der Waals surface area contributed by atoms with Crippen LogP contribution in [0.1, 0.15) is 31.0 Å². The Morgan fingerprint density at radius 3 is 2.93 bits per heavy atom. The zero-order valence-corrected chi connectivity index (χ0v) is 10.9. The van der Waals surface area contributed by atoms with Crippen molar-refractivity contribution in [1.82, 2.24) is 9.36 Å². The Labute approximate surface area is 102 Å². The molecule has 1 unspecified atom stereocenters. The number of halogens is 1. The lowest BCUT2D eigenvalue weighted by atomic mass is 10.2. The molecule has 1 aliphatic heterocycles. The summed E-state index contributed by atoms with van der Waals surface area (Å²) in [5.41, 5.74) is 0. The molecule has 2 heterocycles. The molecule has 1 saturated heterocycles. The molecule has 0 N–H and O–H groups in total. The maximum Gasteiger partial charge on any atom is 0.205 e. The summed E-state index contributed by atoms with van der Waals surface area (Å²) < 4.78 is 4.45. The number of rotatable bonds is 3. The Balaban J connectivity index is 1.70. The molecule has 3 nitrogen and oxygen atoms in total. The van der Waals surface area contributed by atoms with Gasteiger partial charge in [-0.15, -0.1) is 0 Å². The summed E-state index contributed by atoms with van der Waals surface area (Å²) in [5.74, 6) is 2.57. The average Bonchev–Trinajstić information content (AvgIpc) is 2.84. The van der Waals surface area contributed by atoms with E-state index in [4.69, 9.17) is 0 Å². The standard InChI is InChI=1S/C10H14BrN3S/c11-5-7-3-4-14(6-7)10-12-9(13-15-10)8-1-2-8/h7-8H,1-6H2. The topological polar surface area (TPSA) is 29.0 Å². The van der Waals surface area contributed by atoms with Gasteiger partial charge in [0.25, 0.3) is 0 Å². The van der Waals surface area contributed by atoms with Gasteiger partial charge in [0.1, 0.15) is 5.82 Å². The highest BCUT2D eigenvalue weighted by atomic mass is 79.9. The van der Waals surface area contributed by atoms with E-state index in [0.29, 0.717) is 5.92 Å². The van der Waals surface area contributed by atoms with Crippen LogP contribution in [-0.4, -0.2) is 27.8 Å². The van der Waals surface area contributed by atoms with Crippen LogP contribution in [0.4, 0.5) is 5.13 Å². The maximum atomic E-state index is 4.64. The fourth-order valence-electron chi connectivity index (χ4n) is 1.99. The Kier molecular flexibility index (Phi) is 2.68. The molecule has 1 aromatic rings. The van der Waals surface area contributed by atoms with Crippen molar-refractivity contribution in [2.24, 2.45) is 5.92 Å². The number of hydrogen-bond donors (Lipinski definition) is 0. The molecule has 0 bridgehead atoms. The molecule has 2 aliphatic rings. The molecule has 1 atom stereocenters. The summed E-state index contributed by atoms with van der Waals surface area (Å²) in [6.45, 7) is 2.29. The number of aromatic nitrogens is 2. The van der Waals surface area contributed by atoms with Crippen LogP contribution in [0.25, 0.3) is 0 Å². The molecule has 1 aliphatic carbocycles.